The molecule has 0 aromatic heterocycles. The molecule has 0 aromatic carbocycles. The summed E-state index contributed by atoms with van der Waals surface area (Å²) < 4.78 is 142. The quantitative estimate of drug-likeness (QED) is 0.107. The number of hydrogen-bond donors (Lipinski definition) is 2. The smallest absolute Gasteiger partial charge is 0.464 e. The average Bonchev–Trinajstić information content (AvgIpc) is 2.54. The maximum absolute atomic E-state index is 13.6. The predicted molar refractivity (Wildman–Crippen MR) is 89.1 cm³/mol. The fourth-order valence-corrected chi connectivity index (χ4v) is 2.63. The molecule has 0 heterocycles. The van der Waals surface area contributed by atoms with Crippen LogP contribution in [0, 0.1) is 0 Å². The lowest BCUT2D eigenvalue weighted by Gasteiger charge is -2.32. The number of carbonyl (C=O) groups excluding carboxylic acids is 1. The Balaban J connectivity index is 5.13. The molecule has 0 bridgehead atoms. The van der Waals surface area contributed by atoms with Gasteiger partial charge in [-0.15, -0.1) is 0 Å². The minimum absolute atomic E-state index is 0.428. The van der Waals surface area contributed by atoms with Gasteiger partial charge in [-0.1, -0.05) is 26.5 Å². The van der Waals surface area contributed by atoms with Crippen molar-refractivity contribution in [2.24, 2.45) is 5.73 Å². The molecule has 3 N–H and O–H groups in total. The van der Waals surface area contributed by atoms with Crippen LogP contribution in [-0.4, -0.2) is 65.4 Å². The molecular weight excluding hydrogens is 600 g/mol. The lowest BCUT2D eigenvalue weighted by atomic mass is 10.1. The van der Waals surface area contributed by atoms with Crippen molar-refractivity contribution < 1.29 is 71.6 Å². The Bertz CT molecular complexity index is 766. The van der Waals surface area contributed by atoms with Crippen LogP contribution >= 0.6 is 22.6 Å². The zero-order valence-corrected chi connectivity index (χ0v) is 17.6. The van der Waals surface area contributed by atoms with Gasteiger partial charge in [0.1, 0.15) is 12.6 Å². The lowest BCUT2D eigenvalue weighted by Crippen LogP contribution is -2.55. The highest BCUT2D eigenvalue weighted by molar-refractivity contribution is 14.1. The van der Waals surface area contributed by atoms with Crippen LogP contribution in [-0.2, 0) is 29.3 Å². The largest absolute Gasteiger partial charge is 0.481 e. The molecule has 0 saturated heterocycles. The van der Waals surface area contributed by atoms with E-state index >= 15 is 0 Å². The summed E-state index contributed by atoms with van der Waals surface area (Å²) in [5.74, 6) is -8.30. The summed E-state index contributed by atoms with van der Waals surface area (Å²) in [5.41, 5.74) is 5.23. The molecule has 0 aliphatic rings. The van der Waals surface area contributed by atoms with Crippen molar-refractivity contribution in [3.05, 3.63) is 0 Å². The fourth-order valence-electron chi connectivity index (χ4n) is 1.57. The highest BCUT2D eigenvalue weighted by Crippen LogP contribution is 2.48. The van der Waals surface area contributed by atoms with Crippen LogP contribution in [0.5, 0.6) is 0 Å². The molecule has 31 heavy (non-hydrogen) atoms. The molecule has 0 radical (unpaired) electrons. The number of esters is 1. The topological polar surface area (TPSA) is 133 Å². The first kappa shape index (κ1) is 29.9. The second kappa shape index (κ2) is 10.2. The number of nitrogens with two attached hydrogens (primary N) is 1. The molecule has 0 spiro atoms. The Morgan fingerprint density at radius 3 is 1.94 bits per heavy atom. The van der Waals surface area contributed by atoms with Crippen LogP contribution in [0.1, 0.15) is 19.3 Å². The van der Waals surface area contributed by atoms with Gasteiger partial charge in [-0.25, -0.2) is 4.74 Å². The van der Waals surface area contributed by atoms with Crippen molar-refractivity contribution in [2.75, 3.05) is 6.61 Å². The highest BCUT2D eigenvalue weighted by Gasteiger charge is 2.74. The molecular formula is C12H13F9INO7S. The van der Waals surface area contributed by atoms with E-state index < -0.39 is 81.4 Å². The number of ether oxygens (including phenoxy) is 2. The molecule has 0 aromatic rings. The van der Waals surface area contributed by atoms with E-state index in [4.69, 9.17) is 10.8 Å². The van der Waals surface area contributed by atoms with Crippen LogP contribution in [0.2, 0.25) is 0 Å². The van der Waals surface area contributed by atoms with E-state index in [1.54, 1.807) is 0 Å². The molecule has 0 saturated carbocycles. The Labute approximate surface area is 181 Å². The number of hydrogen-bond acceptors (Lipinski definition) is 7. The Hall–Kier alpha value is -1.09. The van der Waals surface area contributed by atoms with Gasteiger partial charge in [0.15, 0.2) is 0 Å². The lowest BCUT2D eigenvalue weighted by molar-refractivity contribution is -0.456. The molecule has 0 amide bonds. The van der Waals surface area contributed by atoms with E-state index in [2.05, 4.69) is 4.74 Å². The molecule has 19 heteroatoms. The Morgan fingerprint density at radius 2 is 1.52 bits per heavy atom. The van der Waals surface area contributed by atoms with Gasteiger partial charge in [-0.3, -0.25) is 9.59 Å². The zero-order chi connectivity index (χ0) is 25.1. The molecule has 0 aliphatic heterocycles. The normalized spacial score (nSPS) is 16.0. The summed E-state index contributed by atoms with van der Waals surface area (Å²) >= 11 is 0.989. The average molecular weight is 613 g/mol. The number of alkyl halides is 9. The van der Waals surface area contributed by atoms with Gasteiger partial charge in [0.25, 0.3) is 0 Å². The van der Waals surface area contributed by atoms with E-state index in [1.165, 1.54) is 0 Å². The van der Waals surface area contributed by atoms with Crippen molar-refractivity contribution in [1.82, 2.24) is 0 Å². The van der Waals surface area contributed by atoms with Gasteiger partial charge in [-0.2, -0.15) is 43.5 Å². The van der Waals surface area contributed by atoms with Crippen molar-refractivity contribution in [1.29, 1.82) is 0 Å². The number of carboxylic acid groups (broad SMARTS) is 1. The van der Waals surface area contributed by atoms with E-state index in [1.807, 2.05) is 4.74 Å². The monoisotopic (exact) mass is 613 g/mol. The summed E-state index contributed by atoms with van der Waals surface area (Å²) in [6, 6.07) is -1.52. The van der Waals surface area contributed by atoms with Crippen molar-refractivity contribution in [3.63, 3.8) is 0 Å². The van der Waals surface area contributed by atoms with Gasteiger partial charge >= 0.3 is 45.6 Å². The van der Waals surface area contributed by atoms with Crippen molar-refractivity contribution in [2.45, 2.75) is 52.6 Å². The van der Waals surface area contributed by atoms with E-state index in [-0.39, 0.29) is 0 Å². The van der Waals surface area contributed by atoms with Crippen LogP contribution < -0.4 is 5.73 Å². The third-order valence-electron chi connectivity index (χ3n) is 3.18. The fraction of sp³-hybridized carbons (Fsp3) is 0.833. The number of rotatable bonds is 13. The summed E-state index contributed by atoms with van der Waals surface area (Å²) in [6.07, 6.45) is -16.4. The zero-order valence-electron chi connectivity index (χ0n) is 14.6. The number of aliphatic carboxylic acids is 1. The molecule has 184 valence electrons. The highest BCUT2D eigenvalue weighted by atomic mass is 127. The summed E-state index contributed by atoms with van der Waals surface area (Å²) in [7, 11) is -7.53. The first-order chi connectivity index (χ1) is 13.6. The molecule has 0 rings (SSSR count). The van der Waals surface area contributed by atoms with Crippen LogP contribution in [0.3, 0.4) is 0 Å². The second-order valence-electron chi connectivity index (χ2n) is 5.77. The van der Waals surface area contributed by atoms with E-state index in [0.29, 0.717) is 0 Å². The minimum Gasteiger partial charge on any atom is -0.481 e. The minimum atomic E-state index is -7.53. The van der Waals surface area contributed by atoms with Gasteiger partial charge in [0, 0.05) is 12.8 Å². The Morgan fingerprint density at radius 1 is 1.03 bits per heavy atom. The summed E-state index contributed by atoms with van der Waals surface area (Å²) in [5, 5.41) is 1.50. The van der Waals surface area contributed by atoms with E-state index in [0.717, 1.165) is 22.6 Å². The standard InChI is InChI=1S/C12H13F9INO7S/c13-9(14,3-5(22)4-29-8(26)6(23)1-2-7(24)25)10(15,16)30-11(17,18)12(19,20)31(21,27)28/h5-6H,1-4,23H2,(H,24,25)/t5?,6-/m0/s1. The van der Waals surface area contributed by atoms with Gasteiger partial charge in [0.05, 0.1) is 3.92 Å². The molecule has 0 fully saturated rings. The van der Waals surface area contributed by atoms with Crippen LogP contribution in [0.15, 0.2) is 0 Å². The van der Waals surface area contributed by atoms with Crippen LogP contribution in [0.25, 0.3) is 0 Å². The number of carbonyl (C=O) groups is 2. The number of halogens is 10. The summed E-state index contributed by atoms with van der Waals surface area (Å²) in [4.78, 5) is 21.8. The maximum atomic E-state index is 13.6. The molecule has 0 aliphatic carbocycles. The third kappa shape index (κ3) is 8.08. The van der Waals surface area contributed by atoms with Gasteiger partial charge in [-0.05, 0) is 6.42 Å². The molecule has 8 nitrogen and oxygen atoms in total. The SMILES string of the molecule is N[C@@H](CCC(=O)O)C(=O)OCC(I)CC(F)(F)C(F)(F)OC(F)(F)C(F)(F)S(=O)(=O)F. The van der Waals surface area contributed by atoms with Gasteiger partial charge in [0.2, 0.25) is 0 Å². The number of carboxylic acids is 1. The maximum Gasteiger partial charge on any atom is 0.464 e. The first-order valence-electron chi connectivity index (χ1n) is 7.51. The van der Waals surface area contributed by atoms with Crippen LogP contribution in [0.4, 0.5) is 39.0 Å². The second-order valence-corrected chi connectivity index (χ2v) is 8.92. The van der Waals surface area contributed by atoms with Crippen molar-refractivity contribution in [3.8, 4) is 0 Å². The van der Waals surface area contributed by atoms with Crippen molar-refractivity contribution >= 4 is 44.8 Å². The first-order valence-corrected chi connectivity index (χ1v) is 10.1. The molecule has 2 atom stereocenters. The Kier molecular flexibility index (Phi) is 9.87. The predicted octanol–water partition coefficient (Wildman–Crippen LogP) is 2.65. The molecule has 1 unspecified atom stereocenters. The third-order valence-corrected chi connectivity index (χ3v) is 4.83. The van der Waals surface area contributed by atoms with E-state index in [9.17, 15) is 57.0 Å². The van der Waals surface area contributed by atoms with Gasteiger partial charge < -0.3 is 15.6 Å². The summed E-state index contributed by atoms with van der Waals surface area (Å²) in [6.45, 7) is -1.07.